The normalized spacial score (nSPS) is 16.2. The Labute approximate surface area is 129 Å². The summed E-state index contributed by atoms with van der Waals surface area (Å²) in [6.45, 7) is 0.428. The first-order valence-corrected chi connectivity index (χ1v) is 6.67. The molecule has 1 saturated carbocycles. The number of amides is 1. The van der Waals surface area contributed by atoms with Crippen molar-refractivity contribution in [1.29, 1.82) is 0 Å². The van der Waals surface area contributed by atoms with Crippen molar-refractivity contribution in [2.45, 2.75) is 31.3 Å². The average Bonchev–Trinajstić information content (AvgIpc) is 2.31. The van der Waals surface area contributed by atoms with Gasteiger partial charge in [0.25, 0.3) is 0 Å². The third-order valence-electron chi connectivity index (χ3n) is 3.46. The topological polar surface area (TPSA) is 46.3 Å². The molecule has 1 aromatic rings. The van der Waals surface area contributed by atoms with Gasteiger partial charge in [-0.1, -0.05) is 35.3 Å². The fourth-order valence-electron chi connectivity index (χ4n) is 2.15. The van der Waals surface area contributed by atoms with E-state index < -0.39 is 5.54 Å². The molecule has 2 N–H and O–H groups in total. The third-order valence-corrected chi connectivity index (χ3v) is 4.32. The first-order chi connectivity index (χ1) is 8.44. The summed E-state index contributed by atoms with van der Waals surface area (Å²) in [6, 6.07) is 5.41. The van der Waals surface area contributed by atoms with E-state index in [1.54, 1.807) is 18.0 Å². The van der Waals surface area contributed by atoms with Gasteiger partial charge in [-0.15, -0.1) is 12.4 Å². The zero-order valence-corrected chi connectivity index (χ0v) is 13.0. The first kappa shape index (κ1) is 16.6. The summed E-state index contributed by atoms with van der Waals surface area (Å²) in [4.78, 5) is 13.8. The van der Waals surface area contributed by atoms with Gasteiger partial charge in [-0.25, -0.2) is 0 Å². The fourth-order valence-corrected chi connectivity index (χ4v) is 2.53. The lowest BCUT2D eigenvalue weighted by Crippen LogP contribution is -2.58. The lowest BCUT2D eigenvalue weighted by atomic mass is 9.76. The standard InChI is InChI=1S/C13H16Cl2N2O.ClH/c1-17(12(18)13(16)6-3-7-13)8-9-4-2-5-10(14)11(9)15;/h2,4-5H,3,6-8,16H2,1H3;1H. The Hall–Kier alpha value is -0.480. The maximum Gasteiger partial charge on any atom is 0.242 e. The second-order valence-electron chi connectivity index (χ2n) is 4.88. The number of hydrogen-bond acceptors (Lipinski definition) is 2. The highest BCUT2D eigenvalue weighted by Crippen LogP contribution is 2.32. The molecule has 0 unspecified atom stereocenters. The van der Waals surface area contributed by atoms with Crippen LogP contribution in [0, 0.1) is 0 Å². The van der Waals surface area contributed by atoms with Crippen LogP contribution in [0.15, 0.2) is 18.2 Å². The molecule has 106 valence electrons. The van der Waals surface area contributed by atoms with E-state index in [2.05, 4.69) is 0 Å². The van der Waals surface area contributed by atoms with Crippen LogP contribution in [0.1, 0.15) is 24.8 Å². The minimum Gasteiger partial charge on any atom is -0.340 e. The molecule has 0 atom stereocenters. The monoisotopic (exact) mass is 322 g/mol. The summed E-state index contributed by atoms with van der Waals surface area (Å²) in [5, 5.41) is 1.000. The molecule has 0 spiro atoms. The molecule has 0 aromatic heterocycles. The van der Waals surface area contributed by atoms with Gasteiger partial charge in [0, 0.05) is 13.6 Å². The molecule has 0 radical (unpaired) electrons. The number of likely N-dealkylation sites (N-methyl/N-ethyl adjacent to an activating group) is 1. The summed E-state index contributed by atoms with van der Waals surface area (Å²) in [6.07, 6.45) is 2.55. The minimum absolute atomic E-state index is 0. The molecular formula is C13H17Cl3N2O. The summed E-state index contributed by atoms with van der Waals surface area (Å²) in [5.41, 5.74) is 6.19. The predicted molar refractivity (Wildman–Crippen MR) is 81.0 cm³/mol. The number of carbonyl (C=O) groups is 1. The van der Waals surface area contributed by atoms with E-state index in [-0.39, 0.29) is 18.3 Å². The molecular weight excluding hydrogens is 307 g/mol. The van der Waals surface area contributed by atoms with Crippen LogP contribution in [0.4, 0.5) is 0 Å². The van der Waals surface area contributed by atoms with Crippen molar-refractivity contribution in [3.63, 3.8) is 0 Å². The van der Waals surface area contributed by atoms with E-state index >= 15 is 0 Å². The largest absolute Gasteiger partial charge is 0.340 e. The summed E-state index contributed by atoms with van der Waals surface area (Å²) >= 11 is 12.0. The van der Waals surface area contributed by atoms with Crippen molar-refractivity contribution in [3.05, 3.63) is 33.8 Å². The van der Waals surface area contributed by atoms with Gasteiger partial charge in [-0.2, -0.15) is 0 Å². The van der Waals surface area contributed by atoms with Gasteiger partial charge in [0.15, 0.2) is 0 Å². The van der Waals surface area contributed by atoms with E-state index in [0.717, 1.165) is 24.8 Å². The van der Waals surface area contributed by atoms with Crippen LogP contribution < -0.4 is 5.73 Å². The molecule has 1 aliphatic rings. The highest BCUT2D eigenvalue weighted by molar-refractivity contribution is 6.42. The zero-order chi connectivity index (χ0) is 13.3. The fraction of sp³-hybridized carbons (Fsp3) is 0.462. The summed E-state index contributed by atoms with van der Waals surface area (Å²) in [7, 11) is 1.74. The van der Waals surface area contributed by atoms with Crippen LogP contribution >= 0.6 is 35.6 Å². The lowest BCUT2D eigenvalue weighted by Gasteiger charge is -2.39. The highest BCUT2D eigenvalue weighted by Gasteiger charge is 2.41. The SMILES string of the molecule is CN(Cc1cccc(Cl)c1Cl)C(=O)C1(N)CCC1.Cl. The van der Waals surface area contributed by atoms with Crippen LogP contribution in [0.5, 0.6) is 0 Å². The lowest BCUT2D eigenvalue weighted by molar-refractivity contribution is -0.139. The van der Waals surface area contributed by atoms with Crippen molar-refractivity contribution < 1.29 is 4.79 Å². The van der Waals surface area contributed by atoms with Crippen LogP contribution in [-0.2, 0) is 11.3 Å². The van der Waals surface area contributed by atoms with Crippen molar-refractivity contribution in [2.75, 3.05) is 7.05 Å². The molecule has 0 saturated heterocycles. The Balaban J connectivity index is 0.00000180. The number of nitrogens with zero attached hydrogens (tertiary/aromatic N) is 1. The summed E-state index contributed by atoms with van der Waals surface area (Å²) in [5.74, 6) is -0.0233. The third kappa shape index (κ3) is 3.34. The van der Waals surface area contributed by atoms with Gasteiger partial charge in [0.1, 0.15) is 0 Å². The first-order valence-electron chi connectivity index (χ1n) is 5.91. The van der Waals surface area contributed by atoms with Gasteiger partial charge < -0.3 is 10.6 Å². The number of halogens is 3. The van der Waals surface area contributed by atoms with E-state index in [9.17, 15) is 4.79 Å². The smallest absolute Gasteiger partial charge is 0.242 e. The van der Waals surface area contributed by atoms with E-state index in [4.69, 9.17) is 28.9 Å². The molecule has 2 rings (SSSR count). The number of rotatable bonds is 3. The van der Waals surface area contributed by atoms with Crippen molar-refractivity contribution in [3.8, 4) is 0 Å². The van der Waals surface area contributed by atoms with E-state index in [0.29, 0.717) is 16.6 Å². The maximum atomic E-state index is 12.2. The molecule has 6 heteroatoms. The molecule has 1 aliphatic carbocycles. The molecule has 3 nitrogen and oxygen atoms in total. The van der Waals surface area contributed by atoms with Crippen LogP contribution in [0.2, 0.25) is 10.0 Å². The second-order valence-corrected chi connectivity index (χ2v) is 5.67. The minimum atomic E-state index is -0.667. The molecule has 0 bridgehead atoms. The maximum absolute atomic E-state index is 12.2. The average molecular weight is 324 g/mol. The second kappa shape index (κ2) is 6.31. The number of benzene rings is 1. The van der Waals surface area contributed by atoms with Gasteiger partial charge in [0.2, 0.25) is 5.91 Å². The quantitative estimate of drug-likeness (QED) is 0.928. The van der Waals surface area contributed by atoms with Gasteiger partial charge in [-0.3, -0.25) is 4.79 Å². The Morgan fingerprint density at radius 1 is 1.42 bits per heavy atom. The molecule has 0 heterocycles. The van der Waals surface area contributed by atoms with E-state index in [1.807, 2.05) is 12.1 Å². The zero-order valence-electron chi connectivity index (χ0n) is 10.7. The molecule has 19 heavy (non-hydrogen) atoms. The van der Waals surface area contributed by atoms with Crippen LogP contribution in [0.3, 0.4) is 0 Å². The Morgan fingerprint density at radius 3 is 2.58 bits per heavy atom. The highest BCUT2D eigenvalue weighted by atomic mass is 35.5. The predicted octanol–water partition coefficient (Wildman–Crippen LogP) is 3.26. The van der Waals surface area contributed by atoms with Crippen molar-refractivity contribution >= 4 is 41.5 Å². The van der Waals surface area contributed by atoms with Gasteiger partial charge in [0.05, 0.1) is 15.6 Å². The summed E-state index contributed by atoms with van der Waals surface area (Å²) < 4.78 is 0. The van der Waals surface area contributed by atoms with Gasteiger partial charge >= 0.3 is 0 Å². The number of carbonyl (C=O) groups excluding carboxylic acids is 1. The Kier molecular flexibility index (Phi) is 5.51. The number of nitrogens with two attached hydrogens (primary N) is 1. The van der Waals surface area contributed by atoms with Crippen LogP contribution in [-0.4, -0.2) is 23.4 Å². The van der Waals surface area contributed by atoms with Gasteiger partial charge in [-0.05, 0) is 30.9 Å². The van der Waals surface area contributed by atoms with E-state index in [1.165, 1.54) is 0 Å². The molecule has 1 aromatic carbocycles. The molecule has 1 amide bonds. The van der Waals surface area contributed by atoms with Crippen LogP contribution in [0.25, 0.3) is 0 Å². The molecule has 1 fully saturated rings. The Morgan fingerprint density at radius 2 is 2.05 bits per heavy atom. The molecule has 0 aliphatic heterocycles. The Bertz CT molecular complexity index is 475. The van der Waals surface area contributed by atoms with Crippen molar-refractivity contribution in [1.82, 2.24) is 4.90 Å². The van der Waals surface area contributed by atoms with Crippen molar-refractivity contribution in [2.24, 2.45) is 5.73 Å². The number of hydrogen-bond donors (Lipinski definition) is 1.